The second kappa shape index (κ2) is 5.08. The first-order chi connectivity index (χ1) is 6.95. The highest BCUT2D eigenvalue weighted by atomic mass is 15.0. The average molecular weight is 191 g/mol. The summed E-state index contributed by atoms with van der Waals surface area (Å²) in [4.78, 5) is 4.26. The molecule has 0 aromatic carbocycles. The maximum absolute atomic E-state index is 4.26. The van der Waals surface area contributed by atoms with Gasteiger partial charge in [-0.1, -0.05) is 6.07 Å². The van der Waals surface area contributed by atoms with E-state index in [2.05, 4.69) is 21.7 Å². The Bertz CT molecular complexity index is 254. The minimum atomic E-state index is 0.665. The first kappa shape index (κ1) is 9.62. The molecule has 0 aliphatic carbocycles. The number of pyridine rings is 1. The number of nitrogens with zero attached hydrogens (tertiary/aromatic N) is 1. The van der Waals surface area contributed by atoms with Gasteiger partial charge in [0.05, 0.1) is 5.69 Å². The van der Waals surface area contributed by atoms with Crippen LogP contribution in [0.3, 0.4) is 0 Å². The normalized spacial score (nSPS) is 21.3. The molecule has 0 unspecified atom stereocenters. The van der Waals surface area contributed by atoms with Gasteiger partial charge in [0.2, 0.25) is 0 Å². The summed E-state index contributed by atoms with van der Waals surface area (Å²) in [5.41, 5.74) is 1.12. The smallest absolute Gasteiger partial charge is 0.0541 e. The van der Waals surface area contributed by atoms with E-state index in [9.17, 15) is 0 Å². The zero-order valence-corrected chi connectivity index (χ0v) is 8.37. The molecule has 3 nitrogen and oxygen atoms in total. The highest BCUT2D eigenvalue weighted by molar-refractivity contribution is 5.02. The van der Waals surface area contributed by atoms with E-state index in [1.54, 1.807) is 0 Å². The second-order valence-corrected chi connectivity index (χ2v) is 3.75. The minimum absolute atomic E-state index is 0.665. The molecule has 1 fully saturated rings. The highest BCUT2D eigenvalue weighted by Gasteiger charge is 2.12. The van der Waals surface area contributed by atoms with E-state index in [0.717, 1.165) is 18.8 Å². The molecule has 0 radical (unpaired) electrons. The summed E-state index contributed by atoms with van der Waals surface area (Å²) in [6.07, 6.45) is 4.45. The maximum atomic E-state index is 4.26. The molecule has 1 saturated heterocycles. The Labute approximate surface area is 84.9 Å². The summed E-state index contributed by atoms with van der Waals surface area (Å²) in [6.45, 7) is 3.10. The summed E-state index contributed by atoms with van der Waals surface area (Å²) < 4.78 is 0. The van der Waals surface area contributed by atoms with Gasteiger partial charge < -0.3 is 10.6 Å². The monoisotopic (exact) mass is 191 g/mol. The molecule has 0 bridgehead atoms. The fourth-order valence-corrected chi connectivity index (χ4v) is 1.81. The van der Waals surface area contributed by atoms with Gasteiger partial charge in [0, 0.05) is 25.3 Å². The highest BCUT2D eigenvalue weighted by Crippen LogP contribution is 2.03. The Morgan fingerprint density at radius 2 is 2.50 bits per heavy atom. The zero-order valence-electron chi connectivity index (χ0n) is 8.37. The van der Waals surface area contributed by atoms with Crippen LogP contribution < -0.4 is 10.6 Å². The van der Waals surface area contributed by atoms with E-state index in [0.29, 0.717) is 6.04 Å². The van der Waals surface area contributed by atoms with E-state index >= 15 is 0 Å². The Morgan fingerprint density at radius 1 is 1.50 bits per heavy atom. The third-order valence-electron chi connectivity index (χ3n) is 2.59. The van der Waals surface area contributed by atoms with Crippen LogP contribution in [0.25, 0.3) is 0 Å². The first-order valence-electron chi connectivity index (χ1n) is 5.29. The van der Waals surface area contributed by atoms with Gasteiger partial charge in [0.25, 0.3) is 0 Å². The van der Waals surface area contributed by atoms with Crippen LogP contribution in [0.2, 0.25) is 0 Å². The van der Waals surface area contributed by atoms with Gasteiger partial charge in [-0.25, -0.2) is 0 Å². The Balaban J connectivity index is 1.67. The van der Waals surface area contributed by atoms with E-state index in [-0.39, 0.29) is 0 Å². The molecule has 0 amide bonds. The fraction of sp³-hybridized carbons (Fsp3) is 0.545. The summed E-state index contributed by atoms with van der Waals surface area (Å²) in [5.74, 6) is 0. The van der Waals surface area contributed by atoms with Crippen LogP contribution in [0, 0.1) is 0 Å². The lowest BCUT2D eigenvalue weighted by molar-refractivity contribution is 0.532. The Morgan fingerprint density at radius 3 is 3.21 bits per heavy atom. The third kappa shape index (κ3) is 2.79. The van der Waals surface area contributed by atoms with Gasteiger partial charge in [-0.05, 0) is 31.5 Å². The van der Waals surface area contributed by atoms with Crippen molar-refractivity contribution in [1.82, 2.24) is 15.6 Å². The SMILES string of the molecule is c1ccc(CNC[C@H]2CCCN2)nc1. The van der Waals surface area contributed by atoms with Gasteiger partial charge in [-0.15, -0.1) is 0 Å². The van der Waals surface area contributed by atoms with Gasteiger partial charge in [0.1, 0.15) is 0 Å². The molecule has 2 N–H and O–H groups in total. The molecular weight excluding hydrogens is 174 g/mol. The van der Waals surface area contributed by atoms with Crippen LogP contribution in [0.15, 0.2) is 24.4 Å². The van der Waals surface area contributed by atoms with Crippen molar-refractivity contribution in [3.63, 3.8) is 0 Å². The molecular formula is C11H17N3. The Kier molecular flexibility index (Phi) is 3.49. The molecule has 1 aromatic rings. The number of nitrogens with one attached hydrogen (secondary N) is 2. The lowest BCUT2D eigenvalue weighted by Crippen LogP contribution is -2.33. The summed E-state index contributed by atoms with van der Waals surface area (Å²) >= 11 is 0. The molecule has 1 aliphatic rings. The molecule has 3 heteroatoms. The van der Waals surface area contributed by atoms with Crippen LogP contribution in [-0.4, -0.2) is 24.1 Å². The lowest BCUT2D eigenvalue weighted by Gasteiger charge is -2.10. The Hall–Kier alpha value is -0.930. The van der Waals surface area contributed by atoms with Crippen molar-refractivity contribution in [2.24, 2.45) is 0 Å². The van der Waals surface area contributed by atoms with E-state index in [1.165, 1.54) is 19.4 Å². The molecule has 2 rings (SSSR count). The van der Waals surface area contributed by atoms with Crippen molar-refractivity contribution >= 4 is 0 Å². The van der Waals surface area contributed by atoms with Crippen molar-refractivity contribution in [3.05, 3.63) is 30.1 Å². The van der Waals surface area contributed by atoms with Crippen molar-refractivity contribution in [2.45, 2.75) is 25.4 Å². The molecule has 76 valence electrons. The largest absolute Gasteiger partial charge is 0.313 e. The summed E-state index contributed by atoms with van der Waals surface area (Å²) in [7, 11) is 0. The number of hydrogen-bond acceptors (Lipinski definition) is 3. The van der Waals surface area contributed by atoms with Gasteiger partial charge in [0.15, 0.2) is 0 Å². The van der Waals surface area contributed by atoms with Crippen LogP contribution in [0.1, 0.15) is 18.5 Å². The standard InChI is InChI=1S/C11H17N3/c1-2-6-13-10(4-1)8-12-9-11-5-3-7-14-11/h1-2,4,6,11-12,14H,3,5,7-9H2/t11-/m1/s1. The third-order valence-corrected chi connectivity index (χ3v) is 2.59. The maximum Gasteiger partial charge on any atom is 0.0541 e. The topological polar surface area (TPSA) is 37.0 Å². The number of hydrogen-bond donors (Lipinski definition) is 2. The van der Waals surface area contributed by atoms with E-state index in [4.69, 9.17) is 0 Å². The predicted octanol–water partition coefficient (Wildman–Crippen LogP) is 0.923. The molecule has 0 saturated carbocycles. The molecule has 1 aliphatic heterocycles. The predicted molar refractivity (Wildman–Crippen MR) is 57.0 cm³/mol. The van der Waals surface area contributed by atoms with Crippen molar-refractivity contribution in [2.75, 3.05) is 13.1 Å². The van der Waals surface area contributed by atoms with Crippen molar-refractivity contribution in [1.29, 1.82) is 0 Å². The molecule has 1 aromatic heterocycles. The summed E-state index contributed by atoms with van der Waals surface area (Å²) in [5, 5.41) is 6.88. The van der Waals surface area contributed by atoms with Crippen LogP contribution in [0.5, 0.6) is 0 Å². The van der Waals surface area contributed by atoms with Crippen molar-refractivity contribution in [3.8, 4) is 0 Å². The molecule has 1 atom stereocenters. The minimum Gasteiger partial charge on any atom is -0.313 e. The zero-order chi connectivity index (χ0) is 9.64. The first-order valence-corrected chi connectivity index (χ1v) is 5.29. The quantitative estimate of drug-likeness (QED) is 0.743. The lowest BCUT2D eigenvalue weighted by atomic mass is 10.2. The van der Waals surface area contributed by atoms with Gasteiger partial charge >= 0.3 is 0 Å². The van der Waals surface area contributed by atoms with E-state index < -0.39 is 0 Å². The van der Waals surface area contributed by atoms with Crippen LogP contribution >= 0.6 is 0 Å². The fourth-order valence-electron chi connectivity index (χ4n) is 1.81. The van der Waals surface area contributed by atoms with Gasteiger partial charge in [-0.2, -0.15) is 0 Å². The second-order valence-electron chi connectivity index (χ2n) is 3.75. The molecule has 2 heterocycles. The molecule has 14 heavy (non-hydrogen) atoms. The molecule has 0 spiro atoms. The average Bonchev–Trinajstić information content (AvgIpc) is 2.72. The summed E-state index contributed by atoms with van der Waals surface area (Å²) in [6, 6.07) is 6.69. The van der Waals surface area contributed by atoms with Crippen LogP contribution in [-0.2, 0) is 6.54 Å². The van der Waals surface area contributed by atoms with E-state index in [1.807, 2.05) is 18.3 Å². The van der Waals surface area contributed by atoms with Gasteiger partial charge in [-0.3, -0.25) is 4.98 Å². The van der Waals surface area contributed by atoms with Crippen LogP contribution in [0.4, 0.5) is 0 Å². The van der Waals surface area contributed by atoms with Crippen molar-refractivity contribution < 1.29 is 0 Å². The number of aromatic nitrogens is 1. The number of rotatable bonds is 4.